The number of para-hydroxylation sites is 2. The number of hydrogen-bond donors (Lipinski definition) is 3. The number of nitrogens with one attached hydrogen (secondary N) is 2. The first-order valence-electron chi connectivity index (χ1n) is 10.1. The van der Waals surface area contributed by atoms with Crippen molar-refractivity contribution in [3.8, 4) is 5.75 Å². The second-order valence-electron chi connectivity index (χ2n) is 7.26. The summed E-state index contributed by atoms with van der Waals surface area (Å²) in [7, 11) is -2.49. The molecule has 0 unspecified atom stereocenters. The van der Waals surface area contributed by atoms with Gasteiger partial charge in [0.25, 0.3) is 10.0 Å². The normalized spacial score (nSPS) is 11.1. The number of nitrogens with zero attached hydrogens (tertiary/aromatic N) is 3. The molecule has 0 atom stereocenters. The van der Waals surface area contributed by atoms with E-state index < -0.39 is 10.0 Å². The number of sulfonamides is 1. The number of amides is 1. The Balaban J connectivity index is 1.73. The molecule has 174 valence electrons. The van der Waals surface area contributed by atoms with Gasteiger partial charge in [-0.3, -0.25) is 14.5 Å². The van der Waals surface area contributed by atoms with Gasteiger partial charge in [-0.05, 0) is 60.7 Å². The maximum atomic E-state index is 13.1. The van der Waals surface area contributed by atoms with E-state index in [1.807, 2.05) is 0 Å². The van der Waals surface area contributed by atoms with Crippen LogP contribution < -0.4 is 25.6 Å². The van der Waals surface area contributed by atoms with E-state index in [-0.39, 0.29) is 22.4 Å². The highest BCUT2D eigenvalue weighted by atomic mass is 32.2. The van der Waals surface area contributed by atoms with Crippen molar-refractivity contribution in [3.63, 3.8) is 0 Å². The lowest BCUT2D eigenvalue weighted by Gasteiger charge is -2.21. The third-order valence-corrected chi connectivity index (χ3v) is 6.20. The molecular weight excluding hydrogens is 456 g/mol. The summed E-state index contributed by atoms with van der Waals surface area (Å²) in [6.07, 6.45) is 0. The van der Waals surface area contributed by atoms with Crippen molar-refractivity contribution in [2.45, 2.75) is 11.8 Å². The van der Waals surface area contributed by atoms with E-state index in [4.69, 9.17) is 10.6 Å². The number of benzene rings is 3. The molecule has 0 aliphatic heterocycles. The standard InChI is InChI=1S/C23H22N6O4S/c1-15(30)25-16-7-13-19(14-8-16)34(31,32)28-22-23(27-21-6-4-3-5-20(21)26-22)29(24)17-9-11-18(33-2)12-10-17/h3-14H,24H2,1-2H3,(H,25,30)(H,26,28). The Morgan fingerprint density at radius 2 is 1.56 bits per heavy atom. The third-order valence-electron chi connectivity index (χ3n) is 4.85. The first-order chi connectivity index (χ1) is 16.3. The number of carbonyl (C=O) groups excluding carboxylic acids is 1. The van der Waals surface area contributed by atoms with Crippen LogP contribution in [0.1, 0.15) is 6.92 Å². The largest absolute Gasteiger partial charge is 0.497 e. The molecule has 0 saturated carbocycles. The Morgan fingerprint density at radius 3 is 2.15 bits per heavy atom. The highest BCUT2D eigenvalue weighted by molar-refractivity contribution is 7.92. The van der Waals surface area contributed by atoms with Crippen LogP contribution in [0.2, 0.25) is 0 Å². The third kappa shape index (κ3) is 4.90. The van der Waals surface area contributed by atoms with Gasteiger partial charge in [0.1, 0.15) is 5.75 Å². The number of aromatic nitrogens is 2. The minimum Gasteiger partial charge on any atom is -0.497 e. The van der Waals surface area contributed by atoms with Gasteiger partial charge in [0.15, 0.2) is 11.6 Å². The van der Waals surface area contributed by atoms with Crippen LogP contribution in [0.4, 0.5) is 23.0 Å². The quantitative estimate of drug-likeness (QED) is 0.271. The molecule has 1 heterocycles. The minimum absolute atomic E-state index is 0.0180. The smallest absolute Gasteiger partial charge is 0.263 e. The van der Waals surface area contributed by atoms with Gasteiger partial charge in [-0.15, -0.1) is 0 Å². The van der Waals surface area contributed by atoms with Crippen LogP contribution in [0.3, 0.4) is 0 Å². The van der Waals surface area contributed by atoms with Crippen molar-refractivity contribution in [1.29, 1.82) is 0 Å². The monoisotopic (exact) mass is 478 g/mol. The molecule has 3 aromatic carbocycles. The Hall–Kier alpha value is -4.22. The molecule has 0 aliphatic carbocycles. The van der Waals surface area contributed by atoms with Gasteiger partial charge >= 0.3 is 0 Å². The molecule has 1 aromatic heterocycles. The summed E-state index contributed by atoms with van der Waals surface area (Å²) >= 11 is 0. The van der Waals surface area contributed by atoms with Gasteiger partial charge in [-0.1, -0.05) is 12.1 Å². The SMILES string of the molecule is COc1ccc(N(N)c2nc3ccccc3nc2NS(=O)(=O)c2ccc(NC(C)=O)cc2)cc1. The molecule has 0 aliphatic rings. The lowest BCUT2D eigenvalue weighted by molar-refractivity contribution is -0.114. The molecule has 0 bridgehead atoms. The summed E-state index contributed by atoms with van der Waals surface area (Å²) in [5, 5.41) is 3.84. The number of carbonyl (C=O) groups is 1. The molecule has 4 rings (SSSR count). The van der Waals surface area contributed by atoms with Gasteiger partial charge in [-0.2, -0.15) is 0 Å². The second kappa shape index (κ2) is 9.33. The van der Waals surface area contributed by atoms with Crippen molar-refractivity contribution in [2.75, 3.05) is 22.2 Å². The van der Waals surface area contributed by atoms with Crippen LogP contribution in [-0.2, 0) is 14.8 Å². The highest BCUT2D eigenvalue weighted by Gasteiger charge is 2.22. The van der Waals surface area contributed by atoms with Crippen LogP contribution in [0.25, 0.3) is 11.0 Å². The molecule has 34 heavy (non-hydrogen) atoms. The Bertz CT molecular complexity index is 1440. The Morgan fingerprint density at radius 1 is 0.941 bits per heavy atom. The van der Waals surface area contributed by atoms with Crippen LogP contribution >= 0.6 is 0 Å². The minimum atomic E-state index is -4.04. The molecule has 10 nitrogen and oxygen atoms in total. The van der Waals surface area contributed by atoms with E-state index in [0.717, 1.165) is 0 Å². The molecular formula is C23H22N6O4S. The molecule has 1 amide bonds. The van der Waals surface area contributed by atoms with Crippen LogP contribution in [-0.4, -0.2) is 31.4 Å². The lowest BCUT2D eigenvalue weighted by atomic mass is 10.3. The summed E-state index contributed by atoms with van der Waals surface area (Å²) in [4.78, 5) is 20.2. The number of rotatable bonds is 7. The number of anilines is 4. The van der Waals surface area contributed by atoms with Gasteiger partial charge in [0, 0.05) is 12.6 Å². The summed E-state index contributed by atoms with van der Waals surface area (Å²) < 4.78 is 33.9. The van der Waals surface area contributed by atoms with Crippen LogP contribution in [0, 0.1) is 0 Å². The average Bonchev–Trinajstić information content (AvgIpc) is 2.83. The Kier molecular flexibility index (Phi) is 6.30. The molecule has 4 aromatic rings. The zero-order chi connectivity index (χ0) is 24.3. The van der Waals surface area contributed by atoms with Crippen molar-refractivity contribution in [1.82, 2.24) is 9.97 Å². The van der Waals surface area contributed by atoms with E-state index in [9.17, 15) is 13.2 Å². The number of hydrazine groups is 1. The van der Waals surface area contributed by atoms with Gasteiger partial charge < -0.3 is 10.1 Å². The first-order valence-corrected chi connectivity index (χ1v) is 11.6. The van der Waals surface area contributed by atoms with E-state index >= 15 is 0 Å². The van der Waals surface area contributed by atoms with E-state index in [1.54, 1.807) is 55.6 Å². The maximum absolute atomic E-state index is 13.1. The fourth-order valence-electron chi connectivity index (χ4n) is 3.20. The van der Waals surface area contributed by atoms with Crippen molar-refractivity contribution in [2.24, 2.45) is 5.84 Å². The van der Waals surface area contributed by atoms with Gasteiger partial charge in [0.05, 0.1) is 28.7 Å². The summed E-state index contributed by atoms with van der Waals surface area (Å²) in [5.74, 6) is 6.80. The van der Waals surface area contributed by atoms with Crippen molar-refractivity contribution < 1.29 is 17.9 Å². The second-order valence-corrected chi connectivity index (χ2v) is 8.95. The number of fused-ring (bicyclic) bond motifs is 1. The Labute approximate surface area is 196 Å². The summed E-state index contributed by atoms with van der Waals surface area (Å²) in [5.41, 5.74) is 2.06. The van der Waals surface area contributed by atoms with Gasteiger partial charge in [0.2, 0.25) is 5.91 Å². The first kappa shape index (κ1) is 23.0. The fraction of sp³-hybridized carbons (Fsp3) is 0.0870. The number of hydrogen-bond acceptors (Lipinski definition) is 8. The number of ether oxygens (including phenoxy) is 1. The molecule has 11 heteroatoms. The number of methoxy groups -OCH3 is 1. The average molecular weight is 479 g/mol. The fourth-order valence-corrected chi connectivity index (χ4v) is 4.20. The lowest BCUT2D eigenvalue weighted by Crippen LogP contribution is -2.28. The summed E-state index contributed by atoms with van der Waals surface area (Å²) in [6, 6.07) is 19.7. The van der Waals surface area contributed by atoms with Gasteiger partial charge in [-0.25, -0.2) is 24.2 Å². The van der Waals surface area contributed by atoms with E-state index in [1.165, 1.54) is 36.2 Å². The molecule has 0 spiro atoms. The van der Waals surface area contributed by atoms with E-state index in [0.29, 0.717) is 28.2 Å². The summed E-state index contributed by atoms with van der Waals surface area (Å²) in [6.45, 7) is 1.37. The van der Waals surface area contributed by atoms with Crippen molar-refractivity contribution in [3.05, 3.63) is 72.8 Å². The zero-order valence-electron chi connectivity index (χ0n) is 18.4. The molecule has 0 saturated heterocycles. The molecule has 0 radical (unpaired) electrons. The topological polar surface area (TPSA) is 140 Å². The van der Waals surface area contributed by atoms with E-state index in [2.05, 4.69) is 20.0 Å². The van der Waals surface area contributed by atoms with Crippen LogP contribution in [0.15, 0.2) is 77.7 Å². The molecule has 0 fully saturated rings. The highest BCUT2D eigenvalue weighted by Crippen LogP contribution is 2.31. The maximum Gasteiger partial charge on any atom is 0.263 e. The predicted octanol–water partition coefficient (Wildman–Crippen LogP) is 3.41. The zero-order valence-corrected chi connectivity index (χ0v) is 19.2. The number of nitrogens with two attached hydrogens (primary N) is 1. The molecule has 4 N–H and O–H groups in total. The van der Waals surface area contributed by atoms with Crippen molar-refractivity contribution >= 4 is 50.0 Å². The van der Waals surface area contributed by atoms with Crippen LogP contribution in [0.5, 0.6) is 5.75 Å². The predicted molar refractivity (Wildman–Crippen MR) is 130 cm³/mol.